The highest BCUT2D eigenvalue weighted by atomic mass is 32.2. The van der Waals surface area contributed by atoms with Crippen LogP contribution in [0.1, 0.15) is 5.56 Å². The Morgan fingerprint density at radius 2 is 1.60 bits per heavy atom. The van der Waals surface area contributed by atoms with Gasteiger partial charge in [0.05, 0.1) is 4.90 Å². The number of anilines is 1. The zero-order chi connectivity index (χ0) is 18.2. The molecule has 0 aliphatic carbocycles. The molecule has 0 amide bonds. The maximum atomic E-state index is 13.0. The standard InChI is InChI=1S/C16H13FN4O3S/c1-10-2-8-13(9-3-10)25(23,24)21-15(18)19-14(20-16(21)22)11-4-6-12(17)7-5-11/h2-9H,1H3,(H2,18,19,20,22). The molecule has 9 heteroatoms. The minimum atomic E-state index is -4.23. The molecule has 0 saturated carbocycles. The van der Waals surface area contributed by atoms with Gasteiger partial charge in [-0.2, -0.15) is 9.97 Å². The minimum absolute atomic E-state index is 0.0853. The molecule has 3 rings (SSSR count). The highest BCUT2D eigenvalue weighted by molar-refractivity contribution is 7.90. The van der Waals surface area contributed by atoms with E-state index in [2.05, 4.69) is 9.97 Å². The SMILES string of the molecule is Cc1ccc(S(=O)(=O)n2c(N)nc(-c3ccc(F)cc3)nc2=O)cc1. The summed E-state index contributed by atoms with van der Waals surface area (Å²) in [7, 11) is -4.23. The number of benzene rings is 2. The second-order valence-electron chi connectivity index (χ2n) is 5.28. The number of rotatable bonds is 3. The number of aromatic nitrogens is 3. The van der Waals surface area contributed by atoms with E-state index < -0.39 is 27.5 Å². The molecule has 0 atom stereocenters. The van der Waals surface area contributed by atoms with Crippen LogP contribution in [0.15, 0.2) is 58.2 Å². The minimum Gasteiger partial charge on any atom is -0.368 e. The molecule has 128 valence electrons. The third kappa shape index (κ3) is 3.13. The molecule has 0 unspecified atom stereocenters. The van der Waals surface area contributed by atoms with Gasteiger partial charge in [0.25, 0.3) is 10.0 Å². The molecule has 0 aliphatic rings. The smallest absolute Gasteiger partial charge is 0.366 e. The van der Waals surface area contributed by atoms with Gasteiger partial charge in [-0.3, -0.25) is 0 Å². The van der Waals surface area contributed by atoms with Crippen LogP contribution in [0.4, 0.5) is 10.3 Å². The number of nitrogens with two attached hydrogens (primary N) is 1. The van der Waals surface area contributed by atoms with Gasteiger partial charge in [-0.1, -0.05) is 17.7 Å². The molecular weight excluding hydrogens is 347 g/mol. The predicted molar refractivity (Wildman–Crippen MR) is 89.9 cm³/mol. The van der Waals surface area contributed by atoms with E-state index in [0.717, 1.165) is 5.56 Å². The van der Waals surface area contributed by atoms with Crippen LogP contribution in [-0.4, -0.2) is 22.4 Å². The third-order valence-corrected chi connectivity index (χ3v) is 5.16. The van der Waals surface area contributed by atoms with E-state index in [4.69, 9.17) is 5.73 Å². The number of nitrogen functional groups attached to an aromatic ring is 1. The first-order valence-electron chi connectivity index (χ1n) is 7.14. The molecule has 2 N–H and O–H groups in total. The van der Waals surface area contributed by atoms with Crippen molar-refractivity contribution in [1.82, 2.24) is 13.9 Å². The predicted octanol–water partition coefficient (Wildman–Crippen LogP) is 1.57. The fraction of sp³-hybridized carbons (Fsp3) is 0.0625. The molecule has 1 aromatic heterocycles. The second kappa shape index (κ2) is 6.10. The number of hydrogen-bond acceptors (Lipinski definition) is 6. The number of hydrogen-bond donors (Lipinski definition) is 1. The second-order valence-corrected chi connectivity index (χ2v) is 7.06. The fourth-order valence-electron chi connectivity index (χ4n) is 2.18. The van der Waals surface area contributed by atoms with E-state index in [0.29, 0.717) is 9.54 Å². The summed E-state index contributed by atoms with van der Waals surface area (Å²) in [6.45, 7) is 1.80. The van der Waals surface area contributed by atoms with Crippen molar-refractivity contribution in [2.45, 2.75) is 11.8 Å². The summed E-state index contributed by atoms with van der Waals surface area (Å²) in [5.41, 5.74) is 5.81. The Labute approximate surface area is 142 Å². The molecule has 3 aromatic rings. The monoisotopic (exact) mass is 360 g/mol. The lowest BCUT2D eigenvalue weighted by Gasteiger charge is -2.10. The molecule has 1 heterocycles. The quantitative estimate of drug-likeness (QED) is 0.760. The van der Waals surface area contributed by atoms with Crippen LogP contribution in [0.3, 0.4) is 0 Å². The largest absolute Gasteiger partial charge is 0.368 e. The molecule has 0 fully saturated rings. The molecule has 2 aromatic carbocycles. The molecule has 0 spiro atoms. The first kappa shape index (κ1) is 16.8. The van der Waals surface area contributed by atoms with E-state index >= 15 is 0 Å². The summed E-state index contributed by atoms with van der Waals surface area (Å²) in [6, 6.07) is 11.0. The van der Waals surface area contributed by atoms with Crippen molar-refractivity contribution in [1.29, 1.82) is 0 Å². The number of aryl methyl sites for hydroxylation is 1. The average molecular weight is 360 g/mol. The highest BCUT2D eigenvalue weighted by Crippen LogP contribution is 2.18. The Morgan fingerprint density at radius 3 is 2.16 bits per heavy atom. The molecule has 0 radical (unpaired) electrons. The van der Waals surface area contributed by atoms with Crippen LogP contribution in [0.5, 0.6) is 0 Å². The van der Waals surface area contributed by atoms with Gasteiger partial charge in [0.1, 0.15) is 5.82 Å². The third-order valence-electron chi connectivity index (χ3n) is 3.47. The van der Waals surface area contributed by atoms with Crippen LogP contribution >= 0.6 is 0 Å². The molecule has 7 nitrogen and oxygen atoms in total. The Hall–Kier alpha value is -3.07. The zero-order valence-corrected chi connectivity index (χ0v) is 13.9. The van der Waals surface area contributed by atoms with Crippen LogP contribution in [-0.2, 0) is 10.0 Å². The van der Waals surface area contributed by atoms with E-state index in [1.807, 2.05) is 0 Å². The lowest BCUT2D eigenvalue weighted by atomic mass is 10.2. The van der Waals surface area contributed by atoms with Gasteiger partial charge < -0.3 is 5.73 Å². The summed E-state index contributed by atoms with van der Waals surface area (Å²) in [4.78, 5) is 19.7. The summed E-state index contributed by atoms with van der Waals surface area (Å²) < 4.78 is 38.6. The zero-order valence-electron chi connectivity index (χ0n) is 13.0. The van der Waals surface area contributed by atoms with Crippen molar-refractivity contribution in [2.75, 3.05) is 5.73 Å². The van der Waals surface area contributed by atoms with Crippen molar-refractivity contribution in [3.8, 4) is 11.4 Å². The fourth-order valence-corrected chi connectivity index (χ4v) is 3.41. The van der Waals surface area contributed by atoms with Gasteiger partial charge in [-0.15, -0.1) is 3.97 Å². The topological polar surface area (TPSA) is 108 Å². The van der Waals surface area contributed by atoms with Crippen molar-refractivity contribution < 1.29 is 12.8 Å². The van der Waals surface area contributed by atoms with Crippen molar-refractivity contribution in [3.63, 3.8) is 0 Å². The van der Waals surface area contributed by atoms with Crippen LogP contribution in [0, 0.1) is 12.7 Å². The van der Waals surface area contributed by atoms with Gasteiger partial charge in [0.2, 0.25) is 5.95 Å². The molecule has 25 heavy (non-hydrogen) atoms. The van der Waals surface area contributed by atoms with Gasteiger partial charge in [-0.25, -0.2) is 17.6 Å². The Balaban J connectivity index is 2.14. The van der Waals surface area contributed by atoms with Crippen molar-refractivity contribution in [3.05, 3.63) is 70.4 Å². The Morgan fingerprint density at radius 1 is 1.00 bits per heavy atom. The number of halogens is 1. The highest BCUT2D eigenvalue weighted by Gasteiger charge is 2.23. The van der Waals surface area contributed by atoms with Crippen LogP contribution in [0.2, 0.25) is 0 Å². The van der Waals surface area contributed by atoms with Gasteiger partial charge >= 0.3 is 5.69 Å². The normalized spacial score (nSPS) is 11.4. The van der Waals surface area contributed by atoms with Crippen molar-refractivity contribution >= 4 is 16.0 Å². The first-order chi connectivity index (χ1) is 11.8. The van der Waals surface area contributed by atoms with Crippen LogP contribution in [0.25, 0.3) is 11.4 Å². The van der Waals surface area contributed by atoms with Gasteiger partial charge in [0.15, 0.2) is 5.82 Å². The first-order valence-corrected chi connectivity index (χ1v) is 8.58. The Bertz CT molecular complexity index is 1090. The van der Waals surface area contributed by atoms with Gasteiger partial charge in [-0.05, 0) is 43.3 Å². The van der Waals surface area contributed by atoms with Gasteiger partial charge in [0, 0.05) is 5.56 Å². The van der Waals surface area contributed by atoms with E-state index in [1.165, 1.54) is 36.4 Å². The molecule has 0 saturated heterocycles. The maximum Gasteiger partial charge on any atom is 0.366 e. The maximum absolute atomic E-state index is 13.0. The van der Waals surface area contributed by atoms with E-state index in [9.17, 15) is 17.6 Å². The lowest BCUT2D eigenvalue weighted by Crippen LogP contribution is -2.33. The summed E-state index contributed by atoms with van der Waals surface area (Å²) in [6.07, 6.45) is 0. The summed E-state index contributed by atoms with van der Waals surface area (Å²) >= 11 is 0. The molecule has 0 bridgehead atoms. The average Bonchev–Trinajstić information content (AvgIpc) is 2.55. The lowest BCUT2D eigenvalue weighted by molar-refractivity contribution is 0.584. The summed E-state index contributed by atoms with van der Waals surface area (Å²) in [5.74, 6) is -1.08. The molecule has 0 aliphatic heterocycles. The van der Waals surface area contributed by atoms with Crippen molar-refractivity contribution in [2.24, 2.45) is 0 Å². The number of nitrogens with zero attached hydrogens (tertiary/aromatic N) is 3. The van der Waals surface area contributed by atoms with E-state index in [1.54, 1.807) is 19.1 Å². The van der Waals surface area contributed by atoms with E-state index in [-0.39, 0.29) is 10.7 Å². The summed E-state index contributed by atoms with van der Waals surface area (Å²) in [5, 5.41) is 0. The molecular formula is C16H13FN4O3S. The van der Waals surface area contributed by atoms with Crippen LogP contribution < -0.4 is 11.4 Å². The Kier molecular flexibility index (Phi) is 4.09.